The Kier molecular flexibility index (Phi) is 1.26. The summed E-state index contributed by atoms with van der Waals surface area (Å²) >= 11 is 0. The molecule has 2 rings (SSSR count). The molecular formula is C6H4N5O. The molecule has 2 aromatic rings. The average Bonchev–Trinajstić information content (AvgIpc) is 2.49. The van der Waals surface area contributed by atoms with Crippen molar-refractivity contribution in [1.82, 2.24) is 25.7 Å². The second-order valence-electron chi connectivity index (χ2n) is 2.16. The fraction of sp³-hybridized carbons (Fsp3) is 0. The van der Waals surface area contributed by atoms with Crippen LogP contribution in [0.25, 0.3) is 11.2 Å². The minimum Gasteiger partial charge on any atom is -0.329 e. The van der Waals surface area contributed by atoms with Gasteiger partial charge in [0.15, 0.2) is 5.65 Å². The van der Waals surface area contributed by atoms with Crippen molar-refractivity contribution in [2.75, 3.05) is 0 Å². The highest BCUT2D eigenvalue weighted by Crippen LogP contribution is 2.03. The summed E-state index contributed by atoms with van der Waals surface area (Å²) in [5.41, 5.74) is 7.81. The number of imidazole rings is 1. The third kappa shape index (κ3) is 0.895. The zero-order valence-corrected chi connectivity index (χ0v) is 5.90. The van der Waals surface area contributed by atoms with Crippen LogP contribution in [0.15, 0.2) is 12.5 Å². The second-order valence-corrected chi connectivity index (χ2v) is 2.16. The number of nitrogens with one attached hydrogen (secondary N) is 2. The lowest BCUT2D eigenvalue weighted by molar-refractivity contribution is 0.0982. The maximum atomic E-state index is 10.5. The number of carbonyl (C=O) groups is 1. The first-order valence-corrected chi connectivity index (χ1v) is 3.19. The van der Waals surface area contributed by atoms with Crippen molar-refractivity contribution in [3.63, 3.8) is 0 Å². The lowest BCUT2D eigenvalue weighted by atomic mass is 10.5. The fourth-order valence-corrected chi connectivity index (χ4v) is 0.849. The Balaban J connectivity index is 2.68. The van der Waals surface area contributed by atoms with E-state index in [-0.39, 0.29) is 5.82 Å². The molecule has 0 spiro atoms. The van der Waals surface area contributed by atoms with E-state index in [1.54, 1.807) is 0 Å². The summed E-state index contributed by atoms with van der Waals surface area (Å²) in [4.78, 5) is 24.5. The lowest BCUT2D eigenvalue weighted by Gasteiger charge is -1.90. The van der Waals surface area contributed by atoms with E-state index in [0.29, 0.717) is 11.2 Å². The molecular weight excluding hydrogens is 158 g/mol. The van der Waals surface area contributed by atoms with Crippen molar-refractivity contribution >= 4 is 17.1 Å². The molecule has 12 heavy (non-hydrogen) atoms. The van der Waals surface area contributed by atoms with Gasteiger partial charge in [-0.25, -0.2) is 15.0 Å². The molecule has 0 bridgehead atoms. The number of amides is 1. The van der Waals surface area contributed by atoms with E-state index in [9.17, 15) is 4.79 Å². The Morgan fingerprint density at radius 3 is 3.08 bits per heavy atom. The summed E-state index contributed by atoms with van der Waals surface area (Å²) in [5, 5.41) is 0. The van der Waals surface area contributed by atoms with Crippen molar-refractivity contribution in [2.45, 2.75) is 0 Å². The number of fused-ring (bicyclic) bond motifs is 1. The van der Waals surface area contributed by atoms with Crippen molar-refractivity contribution < 1.29 is 4.79 Å². The van der Waals surface area contributed by atoms with Gasteiger partial charge in [-0.2, -0.15) is 0 Å². The average molecular weight is 162 g/mol. The summed E-state index contributed by atoms with van der Waals surface area (Å²) in [6, 6.07) is 0. The first-order valence-electron chi connectivity index (χ1n) is 3.19. The molecule has 0 saturated carbocycles. The summed E-state index contributed by atoms with van der Waals surface area (Å²) < 4.78 is 0. The number of hydrogen-bond acceptors (Lipinski definition) is 4. The molecule has 0 aliphatic rings. The van der Waals surface area contributed by atoms with E-state index in [0.717, 1.165) is 0 Å². The largest absolute Gasteiger partial charge is 0.329 e. The molecule has 2 N–H and O–H groups in total. The Morgan fingerprint density at radius 2 is 2.33 bits per heavy atom. The molecule has 0 atom stereocenters. The number of carbonyl (C=O) groups excluding carboxylic acids is 1. The van der Waals surface area contributed by atoms with E-state index in [4.69, 9.17) is 5.73 Å². The van der Waals surface area contributed by atoms with Crippen LogP contribution >= 0.6 is 0 Å². The van der Waals surface area contributed by atoms with E-state index in [1.807, 2.05) is 0 Å². The van der Waals surface area contributed by atoms with Crippen molar-refractivity contribution in [3.05, 3.63) is 18.3 Å². The van der Waals surface area contributed by atoms with Crippen LogP contribution in [0.2, 0.25) is 0 Å². The predicted molar refractivity (Wildman–Crippen MR) is 39.1 cm³/mol. The molecule has 1 radical (unpaired) electrons. The van der Waals surface area contributed by atoms with E-state index >= 15 is 0 Å². The van der Waals surface area contributed by atoms with Crippen LogP contribution in [0.4, 0.5) is 0 Å². The second kappa shape index (κ2) is 2.26. The molecule has 0 unspecified atom stereocenters. The Hall–Kier alpha value is -1.98. The number of aromatic nitrogens is 4. The van der Waals surface area contributed by atoms with Crippen LogP contribution in [0.3, 0.4) is 0 Å². The topological polar surface area (TPSA) is 95.3 Å². The van der Waals surface area contributed by atoms with Gasteiger partial charge in [0.25, 0.3) is 0 Å². The van der Waals surface area contributed by atoms with Gasteiger partial charge >= 0.3 is 5.91 Å². The van der Waals surface area contributed by atoms with Crippen LogP contribution in [-0.4, -0.2) is 25.8 Å². The summed E-state index contributed by atoms with van der Waals surface area (Å²) in [7, 11) is 0. The number of rotatable bonds is 1. The van der Waals surface area contributed by atoms with Crippen molar-refractivity contribution in [3.8, 4) is 0 Å². The molecule has 1 amide bonds. The third-order valence-electron chi connectivity index (χ3n) is 1.38. The highest BCUT2D eigenvalue weighted by Gasteiger charge is 2.06. The lowest BCUT2D eigenvalue weighted by Crippen LogP contribution is -2.05. The molecule has 0 aliphatic carbocycles. The normalized spacial score (nSPS) is 10.3. The third-order valence-corrected chi connectivity index (χ3v) is 1.38. The highest BCUT2D eigenvalue weighted by molar-refractivity contribution is 5.89. The van der Waals surface area contributed by atoms with Gasteiger partial charge in [0.2, 0.25) is 5.82 Å². The van der Waals surface area contributed by atoms with Crippen molar-refractivity contribution in [1.29, 1.82) is 0 Å². The molecule has 0 aliphatic heterocycles. The molecule has 0 aromatic carbocycles. The van der Waals surface area contributed by atoms with Crippen LogP contribution in [-0.2, 0) is 0 Å². The quantitative estimate of drug-likeness (QED) is 0.626. The van der Waals surface area contributed by atoms with Gasteiger partial charge in [0.1, 0.15) is 5.52 Å². The minimum atomic E-state index is -0.897. The van der Waals surface area contributed by atoms with Gasteiger partial charge < -0.3 is 4.98 Å². The van der Waals surface area contributed by atoms with Gasteiger partial charge in [-0.1, -0.05) is 0 Å². The first kappa shape index (κ1) is 6.71. The zero-order chi connectivity index (χ0) is 8.55. The molecule has 2 aromatic heterocycles. The Bertz CT molecular complexity index is 434. The molecule has 0 saturated heterocycles. The van der Waals surface area contributed by atoms with Crippen LogP contribution in [0.1, 0.15) is 10.6 Å². The Morgan fingerprint density at radius 1 is 1.50 bits per heavy atom. The number of hydrogen-bond donors (Lipinski definition) is 1. The van der Waals surface area contributed by atoms with Crippen LogP contribution in [0, 0.1) is 0 Å². The van der Waals surface area contributed by atoms with Crippen molar-refractivity contribution in [2.24, 2.45) is 0 Å². The number of H-pyrrole nitrogens is 1. The first-order chi connectivity index (χ1) is 5.77. The van der Waals surface area contributed by atoms with Crippen LogP contribution < -0.4 is 5.73 Å². The van der Waals surface area contributed by atoms with E-state index in [1.165, 1.54) is 12.5 Å². The van der Waals surface area contributed by atoms with Gasteiger partial charge in [-0.3, -0.25) is 10.5 Å². The minimum absolute atomic E-state index is 0.119. The van der Waals surface area contributed by atoms with E-state index < -0.39 is 5.91 Å². The number of aromatic amines is 1. The maximum absolute atomic E-state index is 10.5. The van der Waals surface area contributed by atoms with Gasteiger partial charge in [0, 0.05) is 0 Å². The van der Waals surface area contributed by atoms with E-state index in [2.05, 4.69) is 19.9 Å². The summed E-state index contributed by atoms with van der Waals surface area (Å²) in [6.45, 7) is 0. The molecule has 2 heterocycles. The van der Waals surface area contributed by atoms with Crippen LogP contribution in [0.5, 0.6) is 0 Å². The van der Waals surface area contributed by atoms with Gasteiger partial charge in [-0.05, 0) is 0 Å². The summed E-state index contributed by atoms with van der Waals surface area (Å²) in [6.07, 6.45) is 2.86. The Labute approximate surface area is 66.8 Å². The SMILES string of the molecule is [NH]C(=O)c1ncc2nc[nH]c2n1. The zero-order valence-electron chi connectivity index (χ0n) is 5.90. The highest BCUT2D eigenvalue weighted by atomic mass is 16.1. The van der Waals surface area contributed by atoms with Gasteiger partial charge in [0.05, 0.1) is 12.5 Å². The molecule has 6 nitrogen and oxygen atoms in total. The smallest absolute Gasteiger partial charge is 0.307 e. The number of nitrogens with zero attached hydrogens (tertiary/aromatic N) is 3. The monoisotopic (exact) mass is 162 g/mol. The predicted octanol–water partition coefficient (Wildman–Crippen LogP) is -0.224. The molecule has 0 fully saturated rings. The fourth-order valence-electron chi connectivity index (χ4n) is 0.849. The standard InChI is InChI=1S/C6H4N5O/c7-4(12)6-8-1-3-5(11-6)10-2-9-3/h1-2,7H,(H,8,9,10,11). The maximum Gasteiger partial charge on any atom is 0.307 e. The molecule has 6 heteroatoms. The molecule has 59 valence electrons. The summed E-state index contributed by atoms with van der Waals surface area (Å²) in [5.74, 6) is -1.02. The van der Waals surface area contributed by atoms with Gasteiger partial charge in [-0.15, -0.1) is 0 Å².